The smallest absolute Gasteiger partial charge is 0.314 e. The van der Waals surface area contributed by atoms with E-state index >= 15 is 0 Å². The van der Waals surface area contributed by atoms with Gasteiger partial charge in [0.05, 0.1) is 12.0 Å². The highest BCUT2D eigenvalue weighted by Crippen LogP contribution is 2.30. The van der Waals surface area contributed by atoms with Crippen LogP contribution >= 0.6 is 11.3 Å². The predicted octanol–water partition coefficient (Wildman–Crippen LogP) is 4.33. The molecule has 0 saturated carbocycles. The Morgan fingerprint density at radius 1 is 1.50 bits per heavy atom. The summed E-state index contributed by atoms with van der Waals surface area (Å²) in [5.74, 6) is -0.738. The standard InChI is InChI=1S/C17H20N2O2S/c1-11-14(10-12-7-9-22-15(12)19-11)13(6-5-8-18)16(20)21-17(2,3)4/h7,9-10,13H,5-6H2,1-4H3. The molecule has 22 heavy (non-hydrogen) atoms. The third-order valence-electron chi connectivity index (χ3n) is 3.28. The van der Waals surface area contributed by atoms with Crippen molar-refractivity contribution in [1.82, 2.24) is 4.98 Å². The van der Waals surface area contributed by atoms with Gasteiger partial charge in [-0.25, -0.2) is 4.98 Å². The van der Waals surface area contributed by atoms with Crippen LogP contribution < -0.4 is 0 Å². The Bertz CT molecular complexity index is 722. The fourth-order valence-corrected chi connectivity index (χ4v) is 3.13. The number of ether oxygens (including phenoxy) is 1. The number of fused-ring (bicyclic) bond motifs is 1. The van der Waals surface area contributed by atoms with E-state index in [1.54, 1.807) is 11.3 Å². The number of carbonyl (C=O) groups excluding carboxylic acids is 1. The molecule has 0 amide bonds. The lowest BCUT2D eigenvalue weighted by Crippen LogP contribution is -2.28. The summed E-state index contributed by atoms with van der Waals surface area (Å²) in [6, 6.07) is 6.10. The van der Waals surface area contributed by atoms with Crippen molar-refractivity contribution >= 4 is 27.5 Å². The molecule has 2 aromatic heterocycles. The van der Waals surface area contributed by atoms with Gasteiger partial charge >= 0.3 is 5.97 Å². The molecular formula is C17H20N2O2S. The Morgan fingerprint density at radius 3 is 2.86 bits per heavy atom. The maximum absolute atomic E-state index is 12.5. The fourth-order valence-electron chi connectivity index (χ4n) is 2.34. The van der Waals surface area contributed by atoms with Gasteiger partial charge in [-0.15, -0.1) is 11.3 Å². The molecule has 0 bridgehead atoms. The Hall–Kier alpha value is -1.93. The second-order valence-electron chi connectivity index (χ2n) is 6.26. The minimum absolute atomic E-state index is 0.290. The van der Waals surface area contributed by atoms with E-state index in [0.29, 0.717) is 12.8 Å². The van der Waals surface area contributed by atoms with Crippen LogP contribution in [-0.4, -0.2) is 16.6 Å². The lowest BCUT2D eigenvalue weighted by molar-refractivity contribution is -0.156. The molecule has 0 fully saturated rings. The lowest BCUT2D eigenvalue weighted by atomic mass is 9.92. The molecule has 0 saturated heterocycles. The maximum Gasteiger partial charge on any atom is 0.314 e. The number of aromatic nitrogens is 1. The molecule has 0 aromatic carbocycles. The van der Waals surface area contributed by atoms with Gasteiger partial charge in [0.25, 0.3) is 0 Å². The van der Waals surface area contributed by atoms with E-state index < -0.39 is 11.5 Å². The molecule has 2 aromatic rings. The van der Waals surface area contributed by atoms with Gasteiger partial charge < -0.3 is 4.74 Å². The number of hydrogen-bond donors (Lipinski definition) is 0. The zero-order valence-electron chi connectivity index (χ0n) is 13.3. The largest absolute Gasteiger partial charge is 0.459 e. The zero-order chi connectivity index (χ0) is 16.3. The van der Waals surface area contributed by atoms with Crippen LogP contribution in [0.15, 0.2) is 17.5 Å². The summed E-state index contributed by atoms with van der Waals surface area (Å²) < 4.78 is 5.53. The zero-order valence-corrected chi connectivity index (χ0v) is 14.2. The quantitative estimate of drug-likeness (QED) is 0.787. The highest BCUT2D eigenvalue weighted by molar-refractivity contribution is 7.16. The van der Waals surface area contributed by atoms with Gasteiger partial charge in [-0.05, 0) is 57.2 Å². The van der Waals surface area contributed by atoms with E-state index in [1.807, 2.05) is 45.2 Å². The minimum atomic E-state index is -0.546. The number of pyridine rings is 1. The summed E-state index contributed by atoms with van der Waals surface area (Å²) in [4.78, 5) is 18.1. The third-order valence-corrected chi connectivity index (χ3v) is 4.11. The van der Waals surface area contributed by atoms with Crippen molar-refractivity contribution in [1.29, 1.82) is 5.26 Å². The Kier molecular flexibility index (Phi) is 4.82. The van der Waals surface area contributed by atoms with E-state index in [-0.39, 0.29) is 5.97 Å². The van der Waals surface area contributed by atoms with Crippen LogP contribution in [0.1, 0.15) is 50.8 Å². The molecule has 4 nitrogen and oxygen atoms in total. The molecule has 2 rings (SSSR count). The van der Waals surface area contributed by atoms with Gasteiger partial charge in [0, 0.05) is 17.5 Å². The molecule has 1 unspecified atom stereocenters. The van der Waals surface area contributed by atoms with Crippen molar-refractivity contribution < 1.29 is 9.53 Å². The fraction of sp³-hybridized carbons (Fsp3) is 0.471. The van der Waals surface area contributed by atoms with E-state index in [4.69, 9.17) is 10.00 Å². The number of nitriles is 1. The Morgan fingerprint density at radius 2 is 2.23 bits per heavy atom. The summed E-state index contributed by atoms with van der Waals surface area (Å²) in [6.07, 6.45) is 0.759. The third kappa shape index (κ3) is 3.83. The summed E-state index contributed by atoms with van der Waals surface area (Å²) in [5, 5.41) is 11.9. The number of rotatable bonds is 4. The molecule has 0 spiro atoms. The second-order valence-corrected chi connectivity index (χ2v) is 7.16. The summed E-state index contributed by atoms with van der Waals surface area (Å²) in [6.45, 7) is 7.44. The highest BCUT2D eigenvalue weighted by atomic mass is 32.1. The summed E-state index contributed by atoms with van der Waals surface area (Å²) in [7, 11) is 0. The van der Waals surface area contributed by atoms with Gasteiger partial charge in [0.2, 0.25) is 0 Å². The molecule has 2 heterocycles. The molecule has 0 aliphatic rings. The van der Waals surface area contributed by atoms with Crippen molar-refractivity contribution in [3.8, 4) is 6.07 Å². The van der Waals surface area contributed by atoms with Gasteiger partial charge in [0.15, 0.2) is 0 Å². The number of aryl methyl sites for hydroxylation is 1. The predicted molar refractivity (Wildman–Crippen MR) is 87.8 cm³/mol. The van der Waals surface area contributed by atoms with Gasteiger partial charge in [-0.1, -0.05) is 0 Å². The lowest BCUT2D eigenvalue weighted by Gasteiger charge is -2.24. The van der Waals surface area contributed by atoms with Crippen molar-refractivity contribution in [2.45, 2.75) is 52.1 Å². The first-order chi connectivity index (χ1) is 10.3. The Balaban J connectivity index is 2.40. The molecule has 5 heteroatoms. The SMILES string of the molecule is Cc1nc2sccc2cc1C(CCC#N)C(=O)OC(C)(C)C. The van der Waals surface area contributed by atoms with Crippen molar-refractivity contribution in [3.63, 3.8) is 0 Å². The van der Waals surface area contributed by atoms with Gasteiger partial charge in [0.1, 0.15) is 10.4 Å². The Labute approximate surface area is 134 Å². The number of thiophene rings is 1. The van der Waals surface area contributed by atoms with Crippen LogP contribution in [0.3, 0.4) is 0 Å². The van der Waals surface area contributed by atoms with E-state index in [0.717, 1.165) is 21.5 Å². The first-order valence-electron chi connectivity index (χ1n) is 7.26. The van der Waals surface area contributed by atoms with E-state index in [9.17, 15) is 4.79 Å². The average Bonchev–Trinajstić information content (AvgIpc) is 2.84. The van der Waals surface area contributed by atoms with Crippen LogP contribution in [0.2, 0.25) is 0 Å². The van der Waals surface area contributed by atoms with Crippen molar-refractivity contribution in [3.05, 3.63) is 28.8 Å². The maximum atomic E-state index is 12.5. The highest BCUT2D eigenvalue weighted by Gasteiger charge is 2.28. The van der Waals surface area contributed by atoms with Crippen molar-refractivity contribution in [2.24, 2.45) is 0 Å². The van der Waals surface area contributed by atoms with E-state index in [1.165, 1.54) is 0 Å². The van der Waals surface area contributed by atoms with Crippen LogP contribution in [0.5, 0.6) is 0 Å². The monoisotopic (exact) mass is 316 g/mol. The van der Waals surface area contributed by atoms with Gasteiger partial charge in [-0.2, -0.15) is 5.26 Å². The topological polar surface area (TPSA) is 63.0 Å². The number of hydrogen-bond acceptors (Lipinski definition) is 5. The van der Waals surface area contributed by atoms with Crippen LogP contribution in [0, 0.1) is 18.3 Å². The first-order valence-corrected chi connectivity index (χ1v) is 8.14. The molecular weight excluding hydrogens is 296 g/mol. The van der Waals surface area contributed by atoms with Crippen LogP contribution in [0.25, 0.3) is 10.2 Å². The minimum Gasteiger partial charge on any atom is -0.459 e. The first kappa shape index (κ1) is 16.4. The molecule has 0 aliphatic carbocycles. The normalized spacial score (nSPS) is 12.9. The number of nitrogens with zero attached hydrogens (tertiary/aromatic N) is 2. The van der Waals surface area contributed by atoms with E-state index in [2.05, 4.69) is 11.1 Å². The second kappa shape index (κ2) is 6.45. The van der Waals surface area contributed by atoms with Crippen molar-refractivity contribution in [2.75, 3.05) is 0 Å². The summed E-state index contributed by atoms with van der Waals surface area (Å²) in [5.41, 5.74) is 1.13. The number of esters is 1. The molecule has 1 atom stereocenters. The molecule has 0 N–H and O–H groups in total. The summed E-state index contributed by atoms with van der Waals surface area (Å²) >= 11 is 1.58. The number of carbonyl (C=O) groups is 1. The van der Waals surface area contributed by atoms with Gasteiger partial charge in [-0.3, -0.25) is 4.79 Å². The van der Waals surface area contributed by atoms with Crippen LogP contribution in [-0.2, 0) is 9.53 Å². The molecule has 0 aliphatic heterocycles. The average molecular weight is 316 g/mol. The van der Waals surface area contributed by atoms with Crippen LogP contribution in [0.4, 0.5) is 0 Å². The molecule has 116 valence electrons. The molecule has 0 radical (unpaired) electrons.